The molecule has 1 aromatic rings. The molecule has 0 aliphatic heterocycles. The highest BCUT2D eigenvalue weighted by Gasteiger charge is 2.24. The predicted molar refractivity (Wildman–Crippen MR) is 63.7 cm³/mol. The normalized spacial score (nSPS) is 14.1. The Kier molecular flexibility index (Phi) is 3.70. The smallest absolute Gasteiger partial charge is 0.0508 e. The standard InChI is InChI=1S/C11H17BrN2/c1-11(2,3)10(14-13)8-5-4-6-9(12)7-8/h4-7,10,14H,13H2,1-3H3. The summed E-state index contributed by atoms with van der Waals surface area (Å²) >= 11 is 3.46. The van der Waals surface area contributed by atoms with Crippen molar-refractivity contribution in [1.82, 2.24) is 5.43 Å². The summed E-state index contributed by atoms with van der Waals surface area (Å²) in [6.07, 6.45) is 0. The Hall–Kier alpha value is -0.380. The lowest BCUT2D eigenvalue weighted by molar-refractivity contribution is 0.275. The first-order chi connectivity index (χ1) is 6.45. The van der Waals surface area contributed by atoms with Crippen molar-refractivity contribution in [3.8, 4) is 0 Å². The van der Waals surface area contributed by atoms with Crippen LogP contribution in [0.1, 0.15) is 32.4 Å². The van der Waals surface area contributed by atoms with Gasteiger partial charge in [-0.15, -0.1) is 0 Å². The minimum absolute atomic E-state index is 0.107. The number of nitrogens with two attached hydrogens (primary N) is 1. The molecule has 3 N–H and O–H groups in total. The molecule has 1 aromatic carbocycles. The molecule has 78 valence electrons. The largest absolute Gasteiger partial charge is 0.271 e. The van der Waals surface area contributed by atoms with Crippen LogP contribution < -0.4 is 11.3 Å². The second-order valence-electron chi connectivity index (χ2n) is 4.52. The zero-order chi connectivity index (χ0) is 10.8. The third kappa shape index (κ3) is 2.80. The van der Waals surface area contributed by atoms with Gasteiger partial charge in [0, 0.05) is 4.47 Å². The first kappa shape index (κ1) is 11.7. The lowest BCUT2D eigenvalue weighted by Gasteiger charge is -2.30. The van der Waals surface area contributed by atoms with E-state index < -0.39 is 0 Å². The summed E-state index contributed by atoms with van der Waals surface area (Å²) in [5.41, 5.74) is 4.17. The van der Waals surface area contributed by atoms with Crippen molar-refractivity contribution in [2.45, 2.75) is 26.8 Å². The van der Waals surface area contributed by atoms with E-state index >= 15 is 0 Å². The van der Waals surface area contributed by atoms with E-state index in [2.05, 4.69) is 54.3 Å². The fourth-order valence-electron chi connectivity index (χ4n) is 1.53. The average molecular weight is 257 g/mol. The van der Waals surface area contributed by atoms with E-state index in [0.29, 0.717) is 0 Å². The van der Waals surface area contributed by atoms with E-state index in [0.717, 1.165) is 4.47 Å². The Bertz CT molecular complexity index is 304. The van der Waals surface area contributed by atoms with Gasteiger partial charge in [-0.05, 0) is 23.1 Å². The maximum absolute atomic E-state index is 5.58. The number of hydrazine groups is 1. The van der Waals surface area contributed by atoms with Crippen LogP contribution in [-0.4, -0.2) is 0 Å². The molecule has 0 bridgehead atoms. The average Bonchev–Trinajstić information content (AvgIpc) is 2.02. The molecule has 3 heteroatoms. The van der Waals surface area contributed by atoms with E-state index in [-0.39, 0.29) is 11.5 Å². The Morgan fingerprint density at radius 2 is 2.00 bits per heavy atom. The van der Waals surface area contributed by atoms with Gasteiger partial charge in [-0.3, -0.25) is 11.3 Å². The lowest BCUT2D eigenvalue weighted by atomic mass is 9.83. The van der Waals surface area contributed by atoms with Crippen LogP contribution >= 0.6 is 15.9 Å². The van der Waals surface area contributed by atoms with Gasteiger partial charge in [-0.1, -0.05) is 48.8 Å². The summed E-state index contributed by atoms with van der Waals surface area (Å²) in [5, 5.41) is 0. The third-order valence-corrected chi connectivity index (χ3v) is 2.71. The SMILES string of the molecule is CC(C)(C)C(NN)c1cccc(Br)c1. The Labute approximate surface area is 94.0 Å². The van der Waals surface area contributed by atoms with Crippen molar-refractivity contribution in [2.24, 2.45) is 11.3 Å². The highest BCUT2D eigenvalue weighted by molar-refractivity contribution is 9.10. The highest BCUT2D eigenvalue weighted by Crippen LogP contribution is 2.32. The molecule has 1 atom stereocenters. The number of hydrogen-bond donors (Lipinski definition) is 2. The van der Waals surface area contributed by atoms with Crippen LogP contribution in [0.25, 0.3) is 0 Å². The van der Waals surface area contributed by atoms with Crippen molar-refractivity contribution in [2.75, 3.05) is 0 Å². The van der Waals surface area contributed by atoms with E-state index in [1.165, 1.54) is 5.56 Å². The summed E-state index contributed by atoms with van der Waals surface area (Å²) in [6.45, 7) is 6.50. The molecule has 0 heterocycles. The molecule has 0 aliphatic rings. The zero-order valence-corrected chi connectivity index (χ0v) is 10.4. The second kappa shape index (κ2) is 4.43. The summed E-state index contributed by atoms with van der Waals surface area (Å²) in [7, 11) is 0. The zero-order valence-electron chi connectivity index (χ0n) is 8.84. The number of rotatable bonds is 2. The van der Waals surface area contributed by atoms with Crippen molar-refractivity contribution in [1.29, 1.82) is 0 Å². The molecule has 0 spiro atoms. The van der Waals surface area contributed by atoms with Gasteiger partial charge in [0.2, 0.25) is 0 Å². The van der Waals surface area contributed by atoms with Crippen molar-refractivity contribution in [3.63, 3.8) is 0 Å². The van der Waals surface area contributed by atoms with Crippen LogP contribution in [0.5, 0.6) is 0 Å². The highest BCUT2D eigenvalue weighted by atomic mass is 79.9. The van der Waals surface area contributed by atoms with Crippen LogP contribution in [0.2, 0.25) is 0 Å². The van der Waals surface area contributed by atoms with Gasteiger partial charge in [0.1, 0.15) is 0 Å². The van der Waals surface area contributed by atoms with Gasteiger partial charge in [0.05, 0.1) is 6.04 Å². The number of hydrogen-bond acceptors (Lipinski definition) is 2. The molecule has 0 saturated heterocycles. The van der Waals surface area contributed by atoms with Gasteiger partial charge in [-0.2, -0.15) is 0 Å². The van der Waals surface area contributed by atoms with Crippen LogP contribution in [0.4, 0.5) is 0 Å². The molecule has 1 rings (SSSR count). The van der Waals surface area contributed by atoms with E-state index in [1.54, 1.807) is 0 Å². The molecular weight excluding hydrogens is 240 g/mol. The van der Waals surface area contributed by atoms with Gasteiger partial charge in [0.25, 0.3) is 0 Å². The Balaban J connectivity index is 3.01. The van der Waals surface area contributed by atoms with E-state index in [1.807, 2.05) is 12.1 Å². The summed E-state index contributed by atoms with van der Waals surface area (Å²) in [4.78, 5) is 0. The molecule has 1 unspecified atom stereocenters. The van der Waals surface area contributed by atoms with Gasteiger partial charge in [-0.25, -0.2) is 0 Å². The minimum atomic E-state index is 0.107. The molecule has 0 aliphatic carbocycles. The van der Waals surface area contributed by atoms with E-state index in [4.69, 9.17) is 5.84 Å². The number of benzene rings is 1. The van der Waals surface area contributed by atoms with Crippen molar-refractivity contribution >= 4 is 15.9 Å². The summed E-state index contributed by atoms with van der Waals surface area (Å²) < 4.78 is 1.08. The molecular formula is C11H17BrN2. The fourth-order valence-corrected chi connectivity index (χ4v) is 1.95. The molecule has 0 radical (unpaired) electrons. The van der Waals surface area contributed by atoms with Gasteiger partial charge < -0.3 is 0 Å². The Morgan fingerprint density at radius 3 is 2.43 bits per heavy atom. The quantitative estimate of drug-likeness (QED) is 0.631. The molecule has 0 amide bonds. The van der Waals surface area contributed by atoms with Crippen LogP contribution in [-0.2, 0) is 0 Å². The molecule has 0 aromatic heterocycles. The minimum Gasteiger partial charge on any atom is -0.271 e. The third-order valence-electron chi connectivity index (χ3n) is 2.21. The van der Waals surface area contributed by atoms with Crippen molar-refractivity contribution in [3.05, 3.63) is 34.3 Å². The summed E-state index contributed by atoms with van der Waals surface area (Å²) in [6, 6.07) is 8.38. The van der Waals surface area contributed by atoms with Gasteiger partial charge >= 0.3 is 0 Å². The Morgan fingerprint density at radius 1 is 1.36 bits per heavy atom. The monoisotopic (exact) mass is 256 g/mol. The molecule has 0 saturated carbocycles. The first-order valence-electron chi connectivity index (χ1n) is 4.67. The van der Waals surface area contributed by atoms with E-state index in [9.17, 15) is 0 Å². The molecule has 0 fully saturated rings. The summed E-state index contributed by atoms with van der Waals surface area (Å²) in [5.74, 6) is 5.58. The van der Waals surface area contributed by atoms with Crippen LogP contribution in [0, 0.1) is 5.41 Å². The number of nitrogens with one attached hydrogen (secondary N) is 1. The van der Waals surface area contributed by atoms with Crippen LogP contribution in [0.15, 0.2) is 28.7 Å². The number of halogens is 1. The van der Waals surface area contributed by atoms with Crippen molar-refractivity contribution < 1.29 is 0 Å². The topological polar surface area (TPSA) is 38.0 Å². The molecule has 14 heavy (non-hydrogen) atoms. The molecule has 2 nitrogen and oxygen atoms in total. The maximum Gasteiger partial charge on any atom is 0.0508 e. The second-order valence-corrected chi connectivity index (χ2v) is 5.44. The maximum atomic E-state index is 5.58. The lowest BCUT2D eigenvalue weighted by Crippen LogP contribution is -2.36. The van der Waals surface area contributed by atoms with Crippen LogP contribution in [0.3, 0.4) is 0 Å². The first-order valence-corrected chi connectivity index (χ1v) is 5.46. The van der Waals surface area contributed by atoms with Gasteiger partial charge in [0.15, 0.2) is 0 Å². The predicted octanol–water partition coefficient (Wildman–Crippen LogP) is 3.00. The fraction of sp³-hybridized carbons (Fsp3) is 0.455.